The molecule has 1 aromatic rings. The highest BCUT2D eigenvalue weighted by Crippen LogP contribution is 2.21. The molecule has 1 rings (SSSR count). The summed E-state index contributed by atoms with van der Waals surface area (Å²) in [6, 6.07) is 7.93. The van der Waals surface area contributed by atoms with E-state index in [0.717, 1.165) is 12.2 Å². The summed E-state index contributed by atoms with van der Waals surface area (Å²) < 4.78 is 5.13. The van der Waals surface area contributed by atoms with Crippen molar-refractivity contribution in [3.05, 3.63) is 30.1 Å². The Balaban J connectivity index is 2.88. The third-order valence-corrected chi connectivity index (χ3v) is 2.98. The fourth-order valence-electron chi connectivity index (χ4n) is 2.13. The molecule has 19 heavy (non-hydrogen) atoms. The van der Waals surface area contributed by atoms with Gasteiger partial charge in [-0.25, -0.2) is 0 Å². The van der Waals surface area contributed by atoms with Crippen molar-refractivity contribution in [1.82, 2.24) is 9.88 Å². The molecule has 5 heteroatoms. The minimum Gasteiger partial charge on any atom is -0.383 e. The van der Waals surface area contributed by atoms with E-state index in [9.17, 15) is 0 Å². The maximum Gasteiger partial charge on any atom is 0.0672 e. The number of pyridine rings is 1. The summed E-state index contributed by atoms with van der Waals surface area (Å²) in [6.07, 6.45) is 2.24. The molecule has 0 aromatic carbocycles. The number of rotatable bonds is 8. The lowest BCUT2D eigenvalue weighted by molar-refractivity contribution is 0.110. The summed E-state index contributed by atoms with van der Waals surface area (Å²) in [5, 5.41) is 8.78. The number of hydrogen-bond acceptors (Lipinski definition) is 5. The highest BCUT2D eigenvalue weighted by Gasteiger charge is 2.24. The van der Waals surface area contributed by atoms with Gasteiger partial charge in [-0.1, -0.05) is 6.07 Å². The third-order valence-electron chi connectivity index (χ3n) is 2.98. The van der Waals surface area contributed by atoms with Crippen LogP contribution in [0.2, 0.25) is 0 Å². The molecule has 0 aliphatic rings. The largest absolute Gasteiger partial charge is 0.383 e. The van der Waals surface area contributed by atoms with Gasteiger partial charge in [0.2, 0.25) is 0 Å². The molecule has 5 nitrogen and oxygen atoms in total. The smallest absolute Gasteiger partial charge is 0.0672 e. The Morgan fingerprint density at radius 3 is 2.79 bits per heavy atom. The molecule has 2 atom stereocenters. The van der Waals surface area contributed by atoms with Crippen LogP contribution in [0.25, 0.3) is 0 Å². The Kier molecular flexibility index (Phi) is 7.04. The van der Waals surface area contributed by atoms with E-state index in [-0.39, 0.29) is 12.1 Å². The Morgan fingerprint density at radius 1 is 1.47 bits per heavy atom. The summed E-state index contributed by atoms with van der Waals surface area (Å²) in [7, 11) is 1.67. The van der Waals surface area contributed by atoms with Gasteiger partial charge < -0.3 is 10.5 Å². The van der Waals surface area contributed by atoms with Crippen molar-refractivity contribution in [2.75, 3.05) is 26.8 Å². The molecule has 0 fully saturated rings. The van der Waals surface area contributed by atoms with Crippen LogP contribution in [0.15, 0.2) is 24.4 Å². The van der Waals surface area contributed by atoms with Crippen LogP contribution < -0.4 is 5.73 Å². The van der Waals surface area contributed by atoms with Crippen molar-refractivity contribution in [3.63, 3.8) is 0 Å². The van der Waals surface area contributed by atoms with Crippen molar-refractivity contribution in [3.8, 4) is 6.07 Å². The van der Waals surface area contributed by atoms with E-state index in [1.54, 1.807) is 13.3 Å². The predicted molar refractivity (Wildman–Crippen MR) is 74.3 cm³/mol. The molecule has 0 bridgehead atoms. The summed E-state index contributed by atoms with van der Waals surface area (Å²) >= 11 is 0. The molecule has 0 saturated carbocycles. The van der Waals surface area contributed by atoms with Crippen molar-refractivity contribution in [1.29, 1.82) is 5.26 Å². The molecule has 0 saturated heterocycles. The molecule has 0 aliphatic heterocycles. The summed E-state index contributed by atoms with van der Waals surface area (Å²) in [4.78, 5) is 6.56. The van der Waals surface area contributed by atoms with Crippen LogP contribution in [-0.2, 0) is 4.74 Å². The van der Waals surface area contributed by atoms with E-state index >= 15 is 0 Å². The van der Waals surface area contributed by atoms with Crippen molar-refractivity contribution >= 4 is 0 Å². The van der Waals surface area contributed by atoms with E-state index in [2.05, 4.69) is 16.0 Å². The first-order chi connectivity index (χ1) is 9.20. The first-order valence-corrected chi connectivity index (χ1v) is 6.47. The van der Waals surface area contributed by atoms with Gasteiger partial charge in [0.25, 0.3) is 0 Å². The SMILES string of the molecule is COCCN(CCC#N)C(c1ccccn1)C(C)N. The van der Waals surface area contributed by atoms with Crippen LogP contribution >= 0.6 is 0 Å². The van der Waals surface area contributed by atoms with Crippen LogP contribution in [-0.4, -0.2) is 42.7 Å². The monoisotopic (exact) mass is 262 g/mol. The molecular weight excluding hydrogens is 240 g/mol. The van der Waals surface area contributed by atoms with Crippen LogP contribution in [0.4, 0.5) is 0 Å². The number of aromatic nitrogens is 1. The standard InChI is InChI=1S/C14H22N4O/c1-12(16)14(13-6-3-4-8-17-13)18(9-5-7-15)10-11-19-2/h3-4,6,8,12,14H,5,9-11,16H2,1-2H3. The average Bonchev–Trinajstić information content (AvgIpc) is 2.42. The van der Waals surface area contributed by atoms with Gasteiger partial charge in [-0.05, 0) is 19.1 Å². The molecule has 1 aromatic heterocycles. The first kappa shape index (κ1) is 15.6. The lowest BCUT2D eigenvalue weighted by Crippen LogP contribution is -2.42. The van der Waals surface area contributed by atoms with Gasteiger partial charge in [-0.15, -0.1) is 0 Å². The molecule has 0 spiro atoms. The zero-order chi connectivity index (χ0) is 14.1. The molecular formula is C14H22N4O. The Bertz CT molecular complexity index is 388. The Hall–Kier alpha value is -1.48. The number of nitrogens with zero attached hydrogens (tertiary/aromatic N) is 3. The molecule has 0 aliphatic carbocycles. The van der Waals surface area contributed by atoms with E-state index in [1.807, 2.05) is 25.1 Å². The van der Waals surface area contributed by atoms with Gasteiger partial charge in [0.15, 0.2) is 0 Å². The van der Waals surface area contributed by atoms with E-state index in [4.69, 9.17) is 15.7 Å². The Labute approximate surface area is 115 Å². The van der Waals surface area contributed by atoms with Crippen LogP contribution in [0.5, 0.6) is 0 Å². The number of nitrogens with two attached hydrogens (primary N) is 1. The second kappa shape index (κ2) is 8.59. The maximum atomic E-state index is 8.78. The zero-order valence-electron chi connectivity index (χ0n) is 11.6. The number of methoxy groups -OCH3 is 1. The molecule has 104 valence electrons. The highest BCUT2D eigenvalue weighted by molar-refractivity contribution is 5.11. The second-order valence-electron chi connectivity index (χ2n) is 4.50. The summed E-state index contributed by atoms with van der Waals surface area (Å²) in [5.41, 5.74) is 7.04. The van der Waals surface area contributed by atoms with Gasteiger partial charge in [-0.3, -0.25) is 9.88 Å². The molecule has 2 N–H and O–H groups in total. The van der Waals surface area contributed by atoms with E-state index < -0.39 is 0 Å². The van der Waals surface area contributed by atoms with Crippen molar-refractivity contribution < 1.29 is 4.74 Å². The normalized spacial score (nSPS) is 14.1. The fraction of sp³-hybridized carbons (Fsp3) is 0.571. The minimum absolute atomic E-state index is 0.00435. The third kappa shape index (κ3) is 4.95. The predicted octanol–water partition coefficient (Wildman–Crippen LogP) is 1.33. The first-order valence-electron chi connectivity index (χ1n) is 6.47. The number of ether oxygens (including phenoxy) is 1. The second-order valence-corrected chi connectivity index (χ2v) is 4.50. The topological polar surface area (TPSA) is 75.2 Å². The van der Waals surface area contributed by atoms with E-state index in [1.165, 1.54) is 0 Å². The highest BCUT2D eigenvalue weighted by atomic mass is 16.5. The maximum absolute atomic E-state index is 8.78. The molecule has 0 radical (unpaired) electrons. The fourth-order valence-corrected chi connectivity index (χ4v) is 2.13. The van der Waals surface area contributed by atoms with Gasteiger partial charge in [-0.2, -0.15) is 5.26 Å². The van der Waals surface area contributed by atoms with Crippen molar-refractivity contribution in [2.24, 2.45) is 5.73 Å². The summed E-state index contributed by atoms with van der Waals surface area (Å²) in [6.45, 7) is 3.98. The van der Waals surface area contributed by atoms with Crippen LogP contribution in [0.3, 0.4) is 0 Å². The van der Waals surface area contributed by atoms with Gasteiger partial charge >= 0.3 is 0 Å². The van der Waals surface area contributed by atoms with Gasteiger partial charge in [0.1, 0.15) is 0 Å². The summed E-state index contributed by atoms with van der Waals surface area (Å²) in [5.74, 6) is 0. The molecule has 1 heterocycles. The van der Waals surface area contributed by atoms with Crippen LogP contribution in [0.1, 0.15) is 25.1 Å². The van der Waals surface area contributed by atoms with E-state index in [0.29, 0.717) is 19.6 Å². The van der Waals surface area contributed by atoms with Crippen LogP contribution in [0, 0.1) is 11.3 Å². The van der Waals surface area contributed by atoms with Gasteiger partial charge in [0.05, 0.1) is 24.4 Å². The lowest BCUT2D eigenvalue weighted by atomic mass is 10.0. The lowest BCUT2D eigenvalue weighted by Gasteiger charge is -2.33. The van der Waals surface area contributed by atoms with Crippen molar-refractivity contribution in [2.45, 2.75) is 25.4 Å². The molecule has 2 unspecified atom stereocenters. The average molecular weight is 262 g/mol. The minimum atomic E-state index is -0.0644. The number of nitriles is 1. The quantitative estimate of drug-likeness (QED) is 0.765. The van der Waals surface area contributed by atoms with Gasteiger partial charge in [0, 0.05) is 38.9 Å². The zero-order valence-corrected chi connectivity index (χ0v) is 11.6. The molecule has 0 amide bonds. The number of hydrogen-bond donors (Lipinski definition) is 1. The Morgan fingerprint density at radius 2 is 2.26 bits per heavy atom.